The van der Waals surface area contributed by atoms with Crippen molar-refractivity contribution in [2.24, 2.45) is 11.8 Å². The van der Waals surface area contributed by atoms with Gasteiger partial charge in [-0.1, -0.05) is 6.92 Å². The minimum Gasteiger partial charge on any atom is -0.380 e. The summed E-state index contributed by atoms with van der Waals surface area (Å²) < 4.78 is 31.6. The summed E-state index contributed by atoms with van der Waals surface area (Å²) in [5.74, 6) is 0.958. The standard InChI is InChI=1S/C10H20N2O3S/c1-8-4-11-5-9(8)6-12-16(13,14)10-2-3-15-7-10/h8-12H,2-7H2,1H3/t8-,9+,10?/m1/s1. The van der Waals surface area contributed by atoms with Crippen molar-refractivity contribution in [1.29, 1.82) is 0 Å². The molecule has 2 N–H and O–H groups in total. The number of ether oxygens (including phenoxy) is 1. The van der Waals surface area contributed by atoms with E-state index in [0.29, 0.717) is 38.0 Å². The van der Waals surface area contributed by atoms with Crippen LogP contribution in [0.2, 0.25) is 0 Å². The van der Waals surface area contributed by atoms with Gasteiger partial charge >= 0.3 is 0 Å². The topological polar surface area (TPSA) is 67.4 Å². The van der Waals surface area contributed by atoms with Crippen LogP contribution < -0.4 is 10.0 Å². The van der Waals surface area contributed by atoms with E-state index in [1.165, 1.54) is 0 Å². The third kappa shape index (κ3) is 2.74. The largest absolute Gasteiger partial charge is 0.380 e. The molecule has 2 aliphatic heterocycles. The minimum atomic E-state index is -3.17. The van der Waals surface area contributed by atoms with Gasteiger partial charge in [0.25, 0.3) is 0 Å². The first-order chi connectivity index (χ1) is 7.59. The highest BCUT2D eigenvalue weighted by molar-refractivity contribution is 7.90. The average Bonchev–Trinajstić information content (AvgIpc) is 2.85. The Hall–Kier alpha value is -0.170. The number of nitrogens with one attached hydrogen (secondary N) is 2. The Balaban J connectivity index is 1.84. The Kier molecular flexibility index (Phi) is 3.84. The molecule has 3 atom stereocenters. The maximum absolute atomic E-state index is 11.9. The van der Waals surface area contributed by atoms with Gasteiger partial charge in [-0.15, -0.1) is 0 Å². The summed E-state index contributed by atoms with van der Waals surface area (Å²) in [4.78, 5) is 0. The first-order valence-electron chi connectivity index (χ1n) is 5.86. The van der Waals surface area contributed by atoms with Crippen molar-refractivity contribution >= 4 is 10.0 Å². The van der Waals surface area contributed by atoms with Crippen LogP contribution in [0.4, 0.5) is 0 Å². The lowest BCUT2D eigenvalue weighted by molar-refractivity contribution is 0.198. The number of hydrogen-bond donors (Lipinski definition) is 2. The van der Waals surface area contributed by atoms with Crippen LogP contribution in [0, 0.1) is 11.8 Å². The maximum atomic E-state index is 11.9. The van der Waals surface area contributed by atoms with Crippen molar-refractivity contribution in [3.05, 3.63) is 0 Å². The van der Waals surface area contributed by atoms with Crippen LogP contribution in [0.15, 0.2) is 0 Å². The third-order valence-corrected chi connectivity index (χ3v) is 5.37. The van der Waals surface area contributed by atoms with Crippen LogP contribution in [0.5, 0.6) is 0 Å². The summed E-state index contributed by atoms with van der Waals surface area (Å²) in [5, 5.41) is 2.92. The predicted octanol–water partition coefficient (Wildman–Crippen LogP) is -0.450. The SMILES string of the molecule is C[C@@H]1CNC[C@H]1CNS(=O)(=O)C1CCOC1. The molecule has 0 saturated carbocycles. The van der Waals surface area contributed by atoms with Crippen LogP contribution in [0.3, 0.4) is 0 Å². The molecule has 0 amide bonds. The number of rotatable bonds is 4. The van der Waals surface area contributed by atoms with E-state index in [1.54, 1.807) is 0 Å². The van der Waals surface area contributed by atoms with E-state index in [2.05, 4.69) is 17.0 Å². The van der Waals surface area contributed by atoms with Gasteiger partial charge in [0.2, 0.25) is 10.0 Å². The van der Waals surface area contributed by atoms with Gasteiger partial charge in [0.15, 0.2) is 0 Å². The Bertz CT molecular complexity index is 325. The van der Waals surface area contributed by atoms with Crippen molar-refractivity contribution in [1.82, 2.24) is 10.0 Å². The molecule has 0 aliphatic carbocycles. The van der Waals surface area contributed by atoms with Gasteiger partial charge in [0.05, 0.1) is 6.61 Å². The van der Waals surface area contributed by atoms with E-state index in [0.717, 1.165) is 13.1 Å². The van der Waals surface area contributed by atoms with E-state index >= 15 is 0 Å². The predicted molar refractivity (Wildman–Crippen MR) is 61.7 cm³/mol. The van der Waals surface area contributed by atoms with E-state index in [1.807, 2.05) is 0 Å². The van der Waals surface area contributed by atoms with Crippen LogP contribution >= 0.6 is 0 Å². The lowest BCUT2D eigenvalue weighted by atomic mass is 9.99. The molecule has 94 valence electrons. The van der Waals surface area contributed by atoms with Crippen molar-refractivity contribution in [2.45, 2.75) is 18.6 Å². The zero-order chi connectivity index (χ0) is 11.6. The van der Waals surface area contributed by atoms with Gasteiger partial charge in [0.1, 0.15) is 5.25 Å². The van der Waals surface area contributed by atoms with E-state index in [-0.39, 0.29) is 5.25 Å². The fraction of sp³-hybridized carbons (Fsp3) is 1.00. The van der Waals surface area contributed by atoms with E-state index < -0.39 is 10.0 Å². The Morgan fingerprint density at radius 1 is 1.44 bits per heavy atom. The lowest BCUT2D eigenvalue weighted by Crippen LogP contribution is -2.38. The molecule has 0 radical (unpaired) electrons. The van der Waals surface area contributed by atoms with Gasteiger partial charge < -0.3 is 10.1 Å². The van der Waals surface area contributed by atoms with Gasteiger partial charge in [-0.3, -0.25) is 0 Å². The highest BCUT2D eigenvalue weighted by Crippen LogP contribution is 2.17. The van der Waals surface area contributed by atoms with E-state index in [9.17, 15) is 8.42 Å². The molecule has 2 fully saturated rings. The second kappa shape index (κ2) is 5.00. The summed E-state index contributed by atoms with van der Waals surface area (Å²) in [6.07, 6.45) is 0.619. The lowest BCUT2D eigenvalue weighted by Gasteiger charge is -2.17. The van der Waals surface area contributed by atoms with Crippen LogP contribution in [-0.2, 0) is 14.8 Å². The molecule has 2 aliphatic rings. The summed E-state index contributed by atoms with van der Waals surface area (Å²) >= 11 is 0. The molecule has 16 heavy (non-hydrogen) atoms. The first-order valence-corrected chi connectivity index (χ1v) is 7.41. The molecule has 2 rings (SSSR count). The Morgan fingerprint density at radius 2 is 2.25 bits per heavy atom. The quantitative estimate of drug-likeness (QED) is 0.707. The molecule has 2 saturated heterocycles. The van der Waals surface area contributed by atoms with E-state index in [4.69, 9.17) is 4.74 Å². The van der Waals surface area contributed by atoms with Crippen molar-refractivity contribution in [3.8, 4) is 0 Å². The summed E-state index contributed by atoms with van der Waals surface area (Å²) in [6, 6.07) is 0. The maximum Gasteiger partial charge on any atom is 0.216 e. The fourth-order valence-corrected chi connectivity index (χ4v) is 3.60. The first kappa shape index (κ1) is 12.3. The molecule has 0 bridgehead atoms. The molecular weight excluding hydrogens is 228 g/mol. The molecular formula is C10H20N2O3S. The normalized spacial score (nSPS) is 35.7. The third-order valence-electron chi connectivity index (χ3n) is 3.55. The van der Waals surface area contributed by atoms with Crippen LogP contribution in [0.25, 0.3) is 0 Å². The second-order valence-electron chi connectivity index (χ2n) is 4.77. The number of hydrogen-bond acceptors (Lipinski definition) is 4. The molecule has 2 heterocycles. The van der Waals surface area contributed by atoms with Crippen molar-refractivity contribution in [3.63, 3.8) is 0 Å². The smallest absolute Gasteiger partial charge is 0.216 e. The fourth-order valence-electron chi connectivity index (χ4n) is 2.24. The summed E-state index contributed by atoms with van der Waals surface area (Å²) in [7, 11) is -3.17. The van der Waals surface area contributed by atoms with Gasteiger partial charge in [-0.25, -0.2) is 13.1 Å². The second-order valence-corrected chi connectivity index (χ2v) is 6.82. The molecule has 0 aromatic carbocycles. The van der Waals surface area contributed by atoms with Crippen LogP contribution in [0.1, 0.15) is 13.3 Å². The molecule has 1 unspecified atom stereocenters. The van der Waals surface area contributed by atoms with Gasteiger partial charge in [-0.05, 0) is 31.3 Å². The zero-order valence-corrected chi connectivity index (χ0v) is 10.4. The summed E-state index contributed by atoms with van der Waals surface area (Å²) in [6.45, 7) is 5.50. The Morgan fingerprint density at radius 3 is 2.81 bits per heavy atom. The molecule has 5 nitrogen and oxygen atoms in total. The van der Waals surface area contributed by atoms with Gasteiger partial charge in [-0.2, -0.15) is 0 Å². The van der Waals surface area contributed by atoms with Crippen molar-refractivity contribution < 1.29 is 13.2 Å². The van der Waals surface area contributed by atoms with Crippen molar-refractivity contribution in [2.75, 3.05) is 32.8 Å². The minimum absolute atomic E-state index is 0.341. The Labute approximate surface area is 97.0 Å². The number of sulfonamides is 1. The zero-order valence-electron chi connectivity index (χ0n) is 9.61. The highest BCUT2D eigenvalue weighted by Gasteiger charge is 2.31. The average molecular weight is 248 g/mol. The highest BCUT2D eigenvalue weighted by atomic mass is 32.2. The summed E-state index contributed by atoms with van der Waals surface area (Å²) in [5.41, 5.74) is 0. The van der Waals surface area contributed by atoms with Gasteiger partial charge in [0, 0.05) is 13.2 Å². The molecule has 0 spiro atoms. The van der Waals surface area contributed by atoms with Crippen LogP contribution in [-0.4, -0.2) is 46.5 Å². The molecule has 6 heteroatoms. The monoisotopic (exact) mass is 248 g/mol. The molecule has 0 aromatic rings. The molecule has 0 aromatic heterocycles.